The Morgan fingerprint density at radius 3 is 2.48 bits per heavy atom. The van der Waals surface area contributed by atoms with Crippen molar-refractivity contribution in [3.63, 3.8) is 0 Å². The van der Waals surface area contributed by atoms with E-state index in [1.165, 1.54) is 0 Å². The van der Waals surface area contributed by atoms with Gasteiger partial charge in [-0.3, -0.25) is 0 Å². The number of methoxy groups -OCH3 is 1. The molecule has 1 aliphatic carbocycles. The minimum absolute atomic E-state index is 0.120. The van der Waals surface area contributed by atoms with E-state index in [0.29, 0.717) is 36.2 Å². The molecule has 2 aromatic carbocycles. The van der Waals surface area contributed by atoms with Crippen LogP contribution in [0.25, 0.3) is 11.4 Å². The number of hydrogen-bond acceptors (Lipinski definition) is 6. The predicted molar refractivity (Wildman–Crippen MR) is 118 cm³/mol. The van der Waals surface area contributed by atoms with Crippen molar-refractivity contribution in [1.82, 2.24) is 14.8 Å². The van der Waals surface area contributed by atoms with Crippen molar-refractivity contribution < 1.29 is 13.9 Å². The second-order valence-corrected chi connectivity index (χ2v) is 7.47. The molecule has 8 heteroatoms. The van der Waals surface area contributed by atoms with Crippen LogP contribution in [0, 0.1) is 0 Å². The van der Waals surface area contributed by atoms with Gasteiger partial charge in [0.15, 0.2) is 5.82 Å². The molecule has 1 heterocycles. The molecule has 0 atom stereocenters. The first-order valence-electron chi connectivity index (χ1n) is 10.2. The molecule has 3 aromatic rings. The molecule has 1 fully saturated rings. The number of nitrogens with two attached hydrogens (primary N) is 1. The van der Waals surface area contributed by atoms with Gasteiger partial charge in [0.25, 0.3) is 0 Å². The second kappa shape index (κ2) is 9.61. The Balaban J connectivity index is 1.54. The van der Waals surface area contributed by atoms with Crippen LogP contribution in [-0.2, 0) is 6.54 Å². The van der Waals surface area contributed by atoms with E-state index < -0.39 is 0 Å². The molecule has 0 amide bonds. The largest absolute Gasteiger partial charge is 0.497 e. The van der Waals surface area contributed by atoms with E-state index in [2.05, 4.69) is 10.4 Å². The Bertz CT molecular complexity index is 1030. The fraction of sp³-hybridized carbons (Fsp3) is 0.304. The van der Waals surface area contributed by atoms with Gasteiger partial charge in [-0.2, -0.15) is 4.98 Å². The maximum absolute atomic E-state index is 12.7. The molecule has 0 saturated heterocycles. The fourth-order valence-corrected chi connectivity index (χ4v) is 3.05. The van der Waals surface area contributed by atoms with Crippen LogP contribution in [0.2, 0.25) is 0 Å². The van der Waals surface area contributed by atoms with E-state index in [1.807, 2.05) is 53.2 Å². The van der Waals surface area contributed by atoms with E-state index in [0.717, 1.165) is 35.5 Å². The molecule has 31 heavy (non-hydrogen) atoms. The topological polar surface area (TPSA) is 87.2 Å². The first-order chi connectivity index (χ1) is 15.2. The smallest absolute Gasteiger partial charge is 0.242 e. The molecular weight excluding hydrogens is 397 g/mol. The number of benzene rings is 2. The molecule has 0 aliphatic heterocycles. The van der Waals surface area contributed by atoms with Gasteiger partial charge in [0.2, 0.25) is 5.95 Å². The Hall–Kier alpha value is -3.39. The monoisotopic (exact) mass is 423 g/mol. The standard InChI is InChI=1S/C23H26FN5O2/c1-30-20-8-2-16(3-9-20)14-29-22(27-23(28-29)26-19-6-7-19)18-4-10-21(11-5-18)31-15-17(12-24)13-25/h2-5,8-12,19H,6-7,13-15,25H2,1H3,(H,26,28)/b17-12+. The molecule has 1 aliphatic rings. The SMILES string of the molecule is COc1ccc(Cn2nc(NC3CC3)nc2-c2ccc(OC/C(=C/F)CN)cc2)cc1. The zero-order chi connectivity index (χ0) is 21.6. The van der Waals surface area contributed by atoms with Crippen molar-refractivity contribution in [2.75, 3.05) is 25.6 Å². The van der Waals surface area contributed by atoms with Gasteiger partial charge in [-0.1, -0.05) is 12.1 Å². The molecule has 162 valence electrons. The van der Waals surface area contributed by atoms with Crippen molar-refractivity contribution >= 4 is 5.95 Å². The van der Waals surface area contributed by atoms with Gasteiger partial charge in [-0.05, 0) is 54.8 Å². The summed E-state index contributed by atoms with van der Waals surface area (Å²) in [4.78, 5) is 4.72. The van der Waals surface area contributed by atoms with Gasteiger partial charge >= 0.3 is 0 Å². The first kappa shape index (κ1) is 20.9. The van der Waals surface area contributed by atoms with Crippen LogP contribution < -0.4 is 20.5 Å². The van der Waals surface area contributed by atoms with Gasteiger partial charge < -0.3 is 20.5 Å². The number of aromatic nitrogens is 3. The van der Waals surface area contributed by atoms with Crippen molar-refractivity contribution in [2.45, 2.75) is 25.4 Å². The lowest BCUT2D eigenvalue weighted by atomic mass is 10.2. The summed E-state index contributed by atoms with van der Waals surface area (Å²) in [5, 5.41) is 8.04. The average molecular weight is 423 g/mol. The third kappa shape index (κ3) is 5.40. The number of anilines is 1. The highest BCUT2D eigenvalue weighted by atomic mass is 19.1. The summed E-state index contributed by atoms with van der Waals surface area (Å²) in [6.45, 7) is 0.827. The van der Waals surface area contributed by atoms with Crippen molar-refractivity contribution in [3.8, 4) is 22.9 Å². The lowest BCUT2D eigenvalue weighted by molar-refractivity contribution is 0.347. The van der Waals surface area contributed by atoms with Gasteiger partial charge in [-0.15, -0.1) is 5.10 Å². The number of nitrogens with zero attached hydrogens (tertiary/aromatic N) is 3. The van der Waals surface area contributed by atoms with Gasteiger partial charge in [0.05, 0.1) is 20.0 Å². The van der Waals surface area contributed by atoms with Gasteiger partial charge in [0, 0.05) is 23.7 Å². The van der Waals surface area contributed by atoms with Gasteiger partial charge in [-0.25, -0.2) is 9.07 Å². The van der Waals surface area contributed by atoms with Crippen molar-refractivity contribution in [1.29, 1.82) is 0 Å². The fourth-order valence-electron chi connectivity index (χ4n) is 3.05. The summed E-state index contributed by atoms with van der Waals surface area (Å²) in [6.07, 6.45) is 2.78. The lowest BCUT2D eigenvalue weighted by Gasteiger charge is -2.09. The molecule has 3 N–H and O–H groups in total. The zero-order valence-electron chi connectivity index (χ0n) is 17.4. The minimum Gasteiger partial charge on any atom is -0.497 e. The van der Waals surface area contributed by atoms with E-state index in [9.17, 15) is 4.39 Å². The molecule has 0 radical (unpaired) electrons. The number of ether oxygens (including phenoxy) is 2. The minimum atomic E-state index is 0.120. The van der Waals surface area contributed by atoms with Crippen LogP contribution in [-0.4, -0.2) is 41.1 Å². The van der Waals surface area contributed by atoms with Crippen LogP contribution in [0.4, 0.5) is 10.3 Å². The number of hydrogen-bond donors (Lipinski definition) is 2. The third-order valence-electron chi connectivity index (χ3n) is 5.03. The Morgan fingerprint density at radius 1 is 1.16 bits per heavy atom. The second-order valence-electron chi connectivity index (χ2n) is 7.47. The summed E-state index contributed by atoms with van der Waals surface area (Å²) in [5.41, 5.74) is 7.88. The number of rotatable bonds is 10. The number of nitrogens with one attached hydrogen (secondary N) is 1. The highest BCUT2D eigenvalue weighted by molar-refractivity contribution is 5.58. The normalized spacial score (nSPS) is 13.8. The summed E-state index contributed by atoms with van der Waals surface area (Å²) >= 11 is 0. The molecule has 0 unspecified atom stereocenters. The third-order valence-corrected chi connectivity index (χ3v) is 5.03. The highest BCUT2D eigenvalue weighted by Crippen LogP contribution is 2.27. The Morgan fingerprint density at radius 2 is 1.87 bits per heavy atom. The Labute approximate surface area is 180 Å². The molecule has 7 nitrogen and oxygen atoms in total. The van der Waals surface area contributed by atoms with Crippen LogP contribution in [0.1, 0.15) is 18.4 Å². The van der Waals surface area contributed by atoms with Crippen LogP contribution in [0.5, 0.6) is 11.5 Å². The maximum Gasteiger partial charge on any atom is 0.242 e. The first-order valence-corrected chi connectivity index (χ1v) is 10.2. The highest BCUT2D eigenvalue weighted by Gasteiger charge is 2.23. The quantitative estimate of drug-likeness (QED) is 0.516. The number of halogens is 1. The van der Waals surface area contributed by atoms with E-state index >= 15 is 0 Å². The molecule has 1 saturated carbocycles. The van der Waals surface area contributed by atoms with Crippen LogP contribution in [0.3, 0.4) is 0 Å². The lowest BCUT2D eigenvalue weighted by Crippen LogP contribution is -2.10. The molecule has 1 aromatic heterocycles. The van der Waals surface area contributed by atoms with Crippen LogP contribution in [0.15, 0.2) is 60.4 Å². The summed E-state index contributed by atoms with van der Waals surface area (Å²) in [6, 6.07) is 15.9. The van der Waals surface area contributed by atoms with Crippen molar-refractivity contribution in [2.24, 2.45) is 5.73 Å². The Kier molecular flexibility index (Phi) is 6.47. The summed E-state index contributed by atoms with van der Waals surface area (Å²) in [7, 11) is 1.65. The predicted octanol–water partition coefficient (Wildman–Crippen LogP) is 3.77. The molecule has 0 spiro atoms. The maximum atomic E-state index is 12.7. The average Bonchev–Trinajstić information content (AvgIpc) is 3.54. The van der Waals surface area contributed by atoms with Gasteiger partial charge in [0.1, 0.15) is 18.1 Å². The molecular formula is C23H26FN5O2. The van der Waals surface area contributed by atoms with E-state index in [4.69, 9.17) is 20.2 Å². The summed E-state index contributed by atoms with van der Waals surface area (Å²) < 4.78 is 25.4. The molecule has 4 rings (SSSR count). The summed E-state index contributed by atoms with van der Waals surface area (Å²) in [5.74, 6) is 2.84. The van der Waals surface area contributed by atoms with Crippen LogP contribution >= 0.6 is 0 Å². The van der Waals surface area contributed by atoms with E-state index in [1.54, 1.807) is 7.11 Å². The zero-order valence-corrected chi connectivity index (χ0v) is 17.4. The van der Waals surface area contributed by atoms with E-state index in [-0.39, 0.29) is 13.2 Å². The molecule has 0 bridgehead atoms. The van der Waals surface area contributed by atoms with Crippen molar-refractivity contribution in [3.05, 3.63) is 66.0 Å².